The number of aromatic nitrogens is 1. The van der Waals surface area contributed by atoms with E-state index in [4.69, 9.17) is 0 Å². The molecule has 0 fully saturated rings. The van der Waals surface area contributed by atoms with E-state index >= 15 is 0 Å². The molecule has 0 bridgehead atoms. The largest absolute Gasteiger partial charge is 0.205 e. The Morgan fingerprint density at radius 1 is 0.688 bits per heavy atom. The monoisotopic (exact) mass is 440 g/mol. The molecule has 0 N–H and O–H groups in total. The molecule has 2 heteroatoms. The SMILES string of the molecule is Cc1cc(CCCCCC[n+]2ccc(C(c3ccccc3)c3ccccc3)cc2)c(C)s1. The van der Waals surface area contributed by atoms with Crippen LogP contribution in [0.1, 0.15) is 63.6 Å². The highest BCUT2D eigenvalue weighted by Gasteiger charge is 2.17. The van der Waals surface area contributed by atoms with Crippen LogP contribution in [0.5, 0.6) is 0 Å². The van der Waals surface area contributed by atoms with Crippen molar-refractivity contribution in [2.45, 2.75) is 58.4 Å². The first-order chi connectivity index (χ1) is 15.7. The lowest BCUT2D eigenvalue weighted by molar-refractivity contribution is -0.697. The Morgan fingerprint density at radius 2 is 1.25 bits per heavy atom. The molecule has 0 amide bonds. The summed E-state index contributed by atoms with van der Waals surface area (Å²) >= 11 is 1.93. The van der Waals surface area contributed by atoms with Crippen LogP contribution >= 0.6 is 11.3 Å². The van der Waals surface area contributed by atoms with E-state index in [1.54, 1.807) is 5.56 Å². The summed E-state index contributed by atoms with van der Waals surface area (Å²) in [5, 5.41) is 0. The van der Waals surface area contributed by atoms with Gasteiger partial charge in [0.15, 0.2) is 12.4 Å². The van der Waals surface area contributed by atoms with Crippen LogP contribution in [-0.4, -0.2) is 0 Å². The van der Waals surface area contributed by atoms with Gasteiger partial charge >= 0.3 is 0 Å². The summed E-state index contributed by atoms with van der Waals surface area (Å²) in [5.74, 6) is 0.274. The molecule has 0 aliphatic heterocycles. The molecule has 164 valence electrons. The number of benzene rings is 2. The second-order valence-corrected chi connectivity index (χ2v) is 10.2. The van der Waals surface area contributed by atoms with E-state index in [1.807, 2.05) is 11.3 Å². The molecule has 0 spiro atoms. The minimum atomic E-state index is 0.274. The smallest absolute Gasteiger partial charge is 0.169 e. The second kappa shape index (κ2) is 11.2. The zero-order valence-corrected chi connectivity index (χ0v) is 20.2. The Labute approximate surface area is 197 Å². The predicted octanol–water partition coefficient (Wildman–Crippen LogP) is 7.64. The maximum absolute atomic E-state index is 2.37. The molecule has 0 aliphatic carbocycles. The fourth-order valence-corrected chi connectivity index (χ4v) is 5.55. The Balaban J connectivity index is 1.31. The number of rotatable bonds is 10. The number of hydrogen-bond acceptors (Lipinski definition) is 1. The second-order valence-electron chi connectivity index (χ2n) is 8.73. The van der Waals surface area contributed by atoms with Gasteiger partial charge in [-0.15, -0.1) is 11.3 Å². The van der Waals surface area contributed by atoms with Crippen LogP contribution in [0.25, 0.3) is 0 Å². The van der Waals surface area contributed by atoms with Crippen molar-refractivity contribution in [3.05, 3.63) is 123 Å². The van der Waals surface area contributed by atoms with E-state index in [0.717, 1.165) is 6.54 Å². The number of nitrogens with zero attached hydrogens (tertiary/aromatic N) is 1. The minimum Gasteiger partial charge on any atom is -0.205 e. The summed E-state index contributed by atoms with van der Waals surface area (Å²) in [7, 11) is 0. The molecule has 2 aromatic carbocycles. The highest BCUT2D eigenvalue weighted by atomic mass is 32.1. The third kappa shape index (κ3) is 5.95. The van der Waals surface area contributed by atoms with Gasteiger partial charge in [-0.05, 0) is 61.4 Å². The number of pyridine rings is 1. The van der Waals surface area contributed by atoms with Crippen LogP contribution in [-0.2, 0) is 13.0 Å². The van der Waals surface area contributed by atoms with Gasteiger partial charge in [-0.3, -0.25) is 0 Å². The first-order valence-corrected chi connectivity index (χ1v) is 12.7. The molecule has 2 heterocycles. The van der Waals surface area contributed by atoms with Gasteiger partial charge in [0.1, 0.15) is 6.54 Å². The minimum absolute atomic E-state index is 0.274. The zero-order chi connectivity index (χ0) is 22.2. The number of thiophene rings is 1. The summed E-state index contributed by atoms with van der Waals surface area (Å²) in [4.78, 5) is 2.95. The highest BCUT2D eigenvalue weighted by molar-refractivity contribution is 7.12. The van der Waals surface area contributed by atoms with Crippen molar-refractivity contribution in [1.82, 2.24) is 0 Å². The van der Waals surface area contributed by atoms with E-state index in [2.05, 4.69) is 110 Å². The highest BCUT2D eigenvalue weighted by Crippen LogP contribution is 2.31. The summed E-state index contributed by atoms with van der Waals surface area (Å²) in [5.41, 5.74) is 5.59. The van der Waals surface area contributed by atoms with Crippen LogP contribution in [0.3, 0.4) is 0 Å². The van der Waals surface area contributed by atoms with Gasteiger partial charge in [-0.25, -0.2) is 4.57 Å². The van der Waals surface area contributed by atoms with Crippen LogP contribution in [0.4, 0.5) is 0 Å². The van der Waals surface area contributed by atoms with Gasteiger partial charge in [0, 0.05) is 34.2 Å². The summed E-state index contributed by atoms with van der Waals surface area (Å²) in [6.45, 7) is 5.57. The molecule has 2 aromatic heterocycles. The van der Waals surface area contributed by atoms with Crippen molar-refractivity contribution in [1.29, 1.82) is 0 Å². The molecular formula is C30H34NS+. The topological polar surface area (TPSA) is 3.88 Å². The average molecular weight is 441 g/mol. The van der Waals surface area contributed by atoms with Crippen molar-refractivity contribution >= 4 is 11.3 Å². The van der Waals surface area contributed by atoms with Gasteiger partial charge in [0.2, 0.25) is 0 Å². The lowest BCUT2D eigenvalue weighted by Gasteiger charge is -2.18. The first-order valence-electron chi connectivity index (χ1n) is 11.9. The Kier molecular flexibility index (Phi) is 7.90. The molecule has 0 aliphatic rings. The Bertz CT molecular complexity index is 1040. The third-order valence-electron chi connectivity index (χ3n) is 6.27. The quantitative estimate of drug-likeness (QED) is 0.176. The van der Waals surface area contributed by atoms with Gasteiger partial charge in [0.25, 0.3) is 0 Å². The molecule has 1 nitrogen and oxygen atoms in total. The van der Waals surface area contributed by atoms with E-state index in [9.17, 15) is 0 Å². The molecule has 0 atom stereocenters. The normalized spacial score (nSPS) is 11.2. The van der Waals surface area contributed by atoms with Gasteiger partial charge in [0.05, 0.1) is 0 Å². The third-order valence-corrected chi connectivity index (χ3v) is 7.28. The number of hydrogen-bond donors (Lipinski definition) is 0. The number of aryl methyl sites for hydroxylation is 4. The van der Waals surface area contributed by atoms with Crippen molar-refractivity contribution in [3.63, 3.8) is 0 Å². The lowest BCUT2D eigenvalue weighted by Crippen LogP contribution is -2.32. The van der Waals surface area contributed by atoms with Crippen LogP contribution in [0.15, 0.2) is 91.3 Å². The van der Waals surface area contributed by atoms with Gasteiger partial charge in [-0.2, -0.15) is 0 Å². The summed E-state index contributed by atoms with van der Waals surface area (Å²) in [6.07, 6.45) is 10.9. The molecule has 0 saturated carbocycles. The van der Waals surface area contributed by atoms with Crippen LogP contribution in [0, 0.1) is 13.8 Å². The van der Waals surface area contributed by atoms with Crippen molar-refractivity contribution in [2.75, 3.05) is 0 Å². The molecule has 32 heavy (non-hydrogen) atoms. The van der Waals surface area contributed by atoms with E-state index in [-0.39, 0.29) is 5.92 Å². The van der Waals surface area contributed by atoms with Crippen molar-refractivity contribution in [2.24, 2.45) is 0 Å². The molecule has 0 saturated heterocycles. The van der Waals surface area contributed by atoms with E-state index in [0.29, 0.717) is 0 Å². The maximum atomic E-state index is 2.37. The molecule has 0 radical (unpaired) electrons. The molecule has 4 rings (SSSR count). The van der Waals surface area contributed by atoms with Crippen molar-refractivity contribution in [3.8, 4) is 0 Å². The lowest BCUT2D eigenvalue weighted by atomic mass is 9.86. The zero-order valence-electron chi connectivity index (χ0n) is 19.3. The fourth-order valence-electron chi connectivity index (χ4n) is 4.57. The number of unbranched alkanes of at least 4 members (excludes halogenated alkanes) is 3. The van der Waals surface area contributed by atoms with Crippen LogP contribution < -0.4 is 4.57 Å². The van der Waals surface area contributed by atoms with Crippen molar-refractivity contribution < 1.29 is 4.57 Å². The molecule has 4 aromatic rings. The molecule has 0 unspecified atom stereocenters. The Hall–Kier alpha value is -2.71. The predicted molar refractivity (Wildman–Crippen MR) is 136 cm³/mol. The standard InChI is InChI=1S/C30H34NS/c1-24-23-29(25(2)32-24)17-7-3-4-12-20-31-21-18-28(19-22-31)30(26-13-8-5-9-14-26)27-15-10-6-11-16-27/h5-6,8-11,13-16,18-19,21-23,30H,3-4,7,12,17,20H2,1-2H3/q+1. The summed E-state index contributed by atoms with van der Waals surface area (Å²) in [6, 6.07) is 28.6. The average Bonchev–Trinajstić information content (AvgIpc) is 3.15. The summed E-state index contributed by atoms with van der Waals surface area (Å²) < 4.78 is 2.34. The maximum Gasteiger partial charge on any atom is 0.169 e. The van der Waals surface area contributed by atoms with E-state index < -0.39 is 0 Å². The van der Waals surface area contributed by atoms with Gasteiger partial charge < -0.3 is 0 Å². The first kappa shape index (κ1) is 22.5. The van der Waals surface area contributed by atoms with Crippen LogP contribution in [0.2, 0.25) is 0 Å². The Morgan fingerprint density at radius 3 is 1.81 bits per heavy atom. The van der Waals surface area contributed by atoms with E-state index in [1.165, 1.54) is 58.5 Å². The molecular weight excluding hydrogens is 406 g/mol. The fraction of sp³-hybridized carbons (Fsp3) is 0.300. The van der Waals surface area contributed by atoms with Gasteiger partial charge in [-0.1, -0.05) is 67.1 Å².